The van der Waals surface area contributed by atoms with Gasteiger partial charge in [0.25, 0.3) is 0 Å². The molecule has 0 aliphatic carbocycles. The van der Waals surface area contributed by atoms with Gasteiger partial charge in [0.1, 0.15) is 5.25 Å². The first kappa shape index (κ1) is 18.8. The summed E-state index contributed by atoms with van der Waals surface area (Å²) in [5.41, 5.74) is 0.971. The molecule has 0 saturated carbocycles. The Hall–Kier alpha value is -1.54. The molecule has 9 heteroatoms. The van der Waals surface area contributed by atoms with Crippen LogP contribution in [0.3, 0.4) is 0 Å². The van der Waals surface area contributed by atoms with Crippen LogP contribution in [0.5, 0.6) is 0 Å². The quantitative estimate of drug-likeness (QED) is 0.605. The summed E-state index contributed by atoms with van der Waals surface area (Å²) in [6, 6.07) is 6.24. The van der Waals surface area contributed by atoms with Gasteiger partial charge in [0, 0.05) is 11.8 Å². The summed E-state index contributed by atoms with van der Waals surface area (Å²) < 4.78 is 23.5. The number of ketones is 1. The predicted octanol–water partition coefficient (Wildman–Crippen LogP) is 2.95. The monoisotopic (exact) mass is 387 g/mol. The topological polar surface area (TPSA) is 103 Å². The molecule has 2 rings (SSSR count). The number of Topliss-reactive ketones (excluding diaryl/α,β-unsaturated/α-hetero) is 1. The van der Waals surface area contributed by atoms with E-state index in [0.29, 0.717) is 11.3 Å². The molecular weight excluding hydrogens is 373 g/mol. The van der Waals surface area contributed by atoms with E-state index in [2.05, 4.69) is 9.97 Å². The van der Waals surface area contributed by atoms with Gasteiger partial charge in [-0.05, 0) is 35.7 Å². The number of hydrogen-bond acceptors (Lipinski definition) is 5. The number of rotatable bonds is 6. The fourth-order valence-electron chi connectivity index (χ4n) is 2.37. The highest BCUT2D eigenvalue weighted by molar-refractivity contribution is 7.89. The average molecular weight is 388 g/mol. The molecule has 0 aliphatic rings. The summed E-state index contributed by atoms with van der Waals surface area (Å²) in [5.74, 6) is -0.305. The Balaban J connectivity index is 2.38. The van der Waals surface area contributed by atoms with Gasteiger partial charge in [0.05, 0.1) is 17.1 Å². The largest absolute Gasteiger partial charge is 0.294 e. The fourth-order valence-corrected chi connectivity index (χ4v) is 3.98. The number of primary sulfonamides is 1. The van der Waals surface area contributed by atoms with Gasteiger partial charge in [0.2, 0.25) is 15.3 Å². The maximum atomic E-state index is 12.5. The van der Waals surface area contributed by atoms with Crippen LogP contribution in [-0.2, 0) is 16.4 Å². The van der Waals surface area contributed by atoms with Crippen LogP contribution in [0.1, 0.15) is 40.2 Å². The van der Waals surface area contributed by atoms with Gasteiger partial charge in [-0.3, -0.25) is 4.79 Å². The van der Waals surface area contributed by atoms with Crippen molar-refractivity contribution in [2.24, 2.45) is 5.14 Å². The van der Waals surface area contributed by atoms with Crippen molar-refractivity contribution in [1.82, 2.24) is 9.97 Å². The normalized spacial score (nSPS) is 12.8. The van der Waals surface area contributed by atoms with E-state index in [1.807, 2.05) is 0 Å². The Morgan fingerprint density at radius 2 is 2.00 bits per heavy atom. The number of nitrogens with zero attached hydrogens (tertiary/aromatic N) is 2. The molecule has 0 aliphatic heterocycles. The minimum atomic E-state index is -3.83. The van der Waals surface area contributed by atoms with Crippen molar-refractivity contribution < 1.29 is 13.2 Å². The standard InChI is InChI=1S/C15H15Cl2N3O3S/c1-2-13(24(18,22)23)11-5-3-4-10(14(11)16)12(21)8-9-6-7-19-15(17)20-9/h3-7,13H,2,8H2,1H3,(H2,18,22,23). The van der Waals surface area contributed by atoms with E-state index >= 15 is 0 Å². The van der Waals surface area contributed by atoms with Crippen molar-refractivity contribution >= 4 is 39.0 Å². The molecule has 0 radical (unpaired) electrons. The molecule has 0 spiro atoms. The van der Waals surface area contributed by atoms with Gasteiger partial charge >= 0.3 is 0 Å². The van der Waals surface area contributed by atoms with Crippen LogP contribution in [0.15, 0.2) is 30.5 Å². The zero-order valence-corrected chi connectivity index (χ0v) is 15.1. The van der Waals surface area contributed by atoms with Crippen molar-refractivity contribution in [2.75, 3.05) is 0 Å². The second-order valence-corrected chi connectivity index (χ2v) is 7.57. The summed E-state index contributed by atoms with van der Waals surface area (Å²) in [6.45, 7) is 1.68. The van der Waals surface area contributed by atoms with Crippen LogP contribution >= 0.6 is 23.2 Å². The van der Waals surface area contributed by atoms with E-state index in [0.717, 1.165) is 0 Å². The van der Waals surface area contributed by atoms with Crippen molar-refractivity contribution in [1.29, 1.82) is 0 Å². The van der Waals surface area contributed by atoms with E-state index in [1.54, 1.807) is 25.1 Å². The second-order valence-electron chi connectivity index (χ2n) is 5.11. The molecule has 1 aromatic heterocycles. The third-order valence-corrected chi connectivity index (χ3v) is 5.45. The van der Waals surface area contributed by atoms with Crippen LogP contribution in [0.4, 0.5) is 0 Å². The van der Waals surface area contributed by atoms with Gasteiger partial charge in [0.15, 0.2) is 5.78 Å². The summed E-state index contributed by atoms with van der Waals surface area (Å²) in [7, 11) is -3.83. The number of nitrogens with two attached hydrogens (primary N) is 1. The number of aromatic nitrogens is 2. The smallest absolute Gasteiger partial charge is 0.222 e. The summed E-state index contributed by atoms with van der Waals surface area (Å²) in [6.07, 6.45) is 1.67. The summed E-state index contributed by atoms with van der Waals surface area (Å²) >= 11 is 12.0. The Morgan fingerprint density at radius 3 is 2.58 bits per heavy atom. The minimum Gasteiger partial charge on any atom is -0.294 e. The van der Waals surface area contributed by atoms with Gasteiger partial charge in [-0.2, -0.15) is 0 Å². The molecule has 1 unspecified atom stereocenters. The second kappa shape index (κ2) is 7.57. The molecule has 24 heavy (non-hydrogen) atoms. The molecule has 2 aromatic rings. The van der Waals surface area contributed by atoms with E-state index in [4.69, 9.17) is 28.3 Å². The highest BCUT2D eigenvalue weighted by Crippen LogP contribution is 2.32. The van der Waals surface area contributed by atoms with Gasteiger partial charge in [-0.15, -0.1) is 0 Å². The predicted molar refractivity (Wildman–Crippen MR) is 92.7 cm³/mol. The Kier molecular flexibility index (Phi) is 5.92. The molecule has 2 N–H and O–H groups in total. The lowest BCUT2D eigenvalue weighted by Gasteiger charge is -2.16. The minimum absolute atomic E-state index is 0.0302. The van der Waals surface area contributed by atoms with Crippen molar-refractivity contribution in [3.8, 4) is 0 Å². The number of halogens is 2. The SMILES string of the molecule is CCC(c1cccc(C(=O)Cc2ccnc(Cl)n2)c1Cl)S(N)(=O)=O. The van der Waals surface area contributed by atoms with Crippen molar-refractivity contribution in [3.05, 3.63) is 57.6 Å². The lowest BCUT2D eigenvalue weighted by atomic mass is 10.0. The number of carbonyl (C=O) groups is 1. The van der Waals surface area contributed by atoms with Crippen LogP contribution in [-0.4, -0.2) is 24.2 Å². The summed E-state index contributed by atoms with van der Waals surface area (Å²) in [5, 5.41) is 4.42. The average Bonchev–Trinajstić information content (AvgIpc) is 2.48. The molecular formula is C15H15Cl2N3O3S. The van der Waals surface area contributed by atoms with Gasteiger partial charge in [-0.1, -0.05) is 30.7 Å². The molecule has 1 atom stereocenters. The first-order chi connectivity index (χ1) is 11.2. The molecule has 0 saturated heterocycles. The third-order valence-electron chi connectivity index (χ3n) is 3.47. The molecule has 1 aromatic carbocycles. The Labute approximate surface area is 150 Å². The van der Waals surface area contributed by atoms with E-state index < -0.39 is 15.3 Å². The van der Waals surface area contributed by atoms with Gasteiger partial charge in [-0.25, -0.2) is 23.5 Å². The van der Waals surface area contributed by atoms with Crippen LogP contribution in [0, 0.1) is 0 Å². The van der Waals surface area contributed by atoms with E-state index in [1.165, 1.54) is 12.3 Å². The third kappa shape index (κ3) is 4.30. The van der Waals surface area contributed by atoms with E-state index in [-0.39, 0.29) is 34.5 Å². The molecule has 0 amide bonds. The molecule has 0 fully saturated rings. The van der Waals surface area contributed by atoms with Crippen molar-refractivity contribution in [3.63, 3.8) is 0 Å². The molecule has 128 valence electrons. The zero-order valence-electron chi connectivity index (χ0n) is 12.7. The van der Waals surface area contributed by atoms with Crippen LogP contribution in [0.25, 0.3) is 0 Å². The fraction of sp³-hybridized carbons (Fsp3) is 0.267. The zero-order chi connectivity index (χ0) is 17.9. The highest BCUT2D eigenvalue weighted by Gasteiger charge is 2.26. The maximum absolute atomic E-state index is 12.5. The number of benzene rings is 1. The number of hydrogen-bond donors (Lipinski definition) is 1. The first-order valence-electron chi connectivity index (χ1n) is 7.04. The van der Waals surface area contributed by atoms with Crippen LogP contribution < -0.4 is 5.14 Å². The Bertz CT molecular complexity index is 872. The van der Waals surface area contributed by atoms with Crippen molar-refractivity contribution in [2.45, 2.75) is 25.0 Å². The number of carbonyl (C=O) groups excluding carboxylic acids is 1. The lowest BCUT2D eigenvalue weighted by Crippen LogP contribution is -2.22. The highest BCUT2D eigenvalue weighted by atomic mass is 35.5. The lowest BCUT2D eigenvalue weighted by molar-refractivity contribution is 0.0992. The molecule has 1 heterocycles. The van der Waals surface area contributed by atoms with Crippen LogP contribution in [0.2, 0.25) is 10.3 Å². The number of sulfonamides is 1. The van der Waals surface area contributed by atoms with E-state index in [9.17, 15) is 13.2 Å². The van der Waals surface area contributed by atoms with Gasteiger partial charge < -0.3 is 0 Å². The summed E-state index contributed by atoms with van der Waals surface area (Å²) in [4.78, 5) is 20.2. The molecule has 6 nitrogen and oxygen atoms in total. The Morgan fingerprint density at radius 1 is 1.29 bits per heavy atom. The maximum Gasteiger partial charge on any atom is 0.222 e. The molecule has 0 bridgehead atoms. The first-order valence-corrected chi connectivity index (χ1v) is 9.41.